The van der Waals surface area contributed by atoms with E-state index in [0.29, 0.717) is 0 Å². The average Bonchev–Trinajstić information content (AvgIpc) is 2.01. The Morgan fingerprint density at radius 2 is 1.21 bits per heavy atom. The number of rotatable bonds is 7. The molecule has 4 atom stereocenters. The molecule has 4 unspecified atom stereocenters. The summed E-state index contributed by atoms with van der Waals surface area (Å²) in [5, 5.41) is 8.90. The van der Waals surface area contributed by atoms with Crippen LogP contribution in [-0.4, -0.2) is 37.4 Å². The molecule has 0 aliphatic carbocycles. The number of hydrogen-bond donors (Lipinski definition) is 1. The Morgan fingerprint density at radius 3 is 1.64 bits per heavy atom. The summed E-state index contributed by atoms with van der Waals surface area (Å²) in [7, 11) is 1.55. The lowest BCUT2D eigenvalue weighted by atomic mass is 10.6. The van der Waals surface area contributed by atoms with Gasteiger partial charge >= 0.3 is 0 Å². The van der Waals surface area contributed by atoms with E-state index < -0.39 is 18.9 Å². The highest BCUT2D eigenvalue weighted by atomic mass is 16.8. The lowest BCUT2D eigenvalue weighted by Crippen LogP contribution is -2.28. The molecule has 0 saturated heterocycles. The monoisotopic (exact) mass is 208 g/mol. The van der Waals surface area contributed by atoms with Crippen molar-refractivity contribution in [2.24, 2.45) is 0 Å². The maximum atomic E-state index is 8.90. The first-order valence-electron chi connectivity index (χ1n) is 4.63. The molecule has 0 fully saturated rings. The number of aliphatic hydroxyl groups is 1. The number of hydrogen-bond acceptors (Lipinski definition) is 5. The van der Waals surface area contributed by atoms with Gasteiger partial charge in [0, 0.05) is 7.11 Å². The topological polar surface area (TPSA) is 57.2 Å². The summed E-state index contributed by atoms with van der Waals surface area (Å²) in [6.07, 6.45) is -2.14. The van der Waals surface area contributed by atoms with Gasteiger partial charge in [0.15, 0.2) is 25.2 Å². The van der Waals surface area contributed by atoms with Crippen LogP contribution in [0.5, 0.6) is 0 Å². The first-order valence-corrected chi connectivity index (χ1v) is 4.63. The Balaban J connectivity index is 3.65. The van der Waals surface area contributed by atoms with Crippen LogP contribution >= 0.6 is 0 Å². The molecule has 86 valence electrons. The summed E-state index contributed by atoms with van der Waals surface area (Å²) in [6.45, 7) is 6.70. The summed E-state index contributed by atoms with van der Waals surface area (Å²) in [4.78, 5) is 0. The second-order valence-electron chi connectivity index (χ2n) is 2.95. The molecule has 0 aromatic rings. The minimum absolute atomic E-state index is 0.330. The van der Waals surface area contributed by atoms with Crippen molar-refractivity contribution in [2.75, 3.05) is 7.11 Å². The summed E-state index contributed by atoms with van der Waals surface area (Å²) in [5.74, 6) is 0. The molecule has 0 saturated carbocycles. The van der Waals surface area contributed by atoms with Crippen LogP contribution in [0, 0.1) is 0 Å². The maximum Gasteiger partial charge on any atom is 0.161 e. The third-order valence-electron chi connectivity index (χ3n) is 1.49. The van der Waals surface area contributed by atoms with E-state index in [-0.39, 0.29) is 6.29 Å². The van der Waals surface area contributed by atoms with Crippen LogP contribution < -0.4 is 0 Å². The number of methoxy groups -OCH3 is 1. The molecule has 0 bridgehead atoms. The van der Waals surface area contributed by atoms with Crippen molar-refractivity contribution in [3.63, 3.8) is 0 Å². The third-order valence-corrected chi connectivity index (χ3v) is 1.49. The fraction of sp³-hybridized carbons (Fsp3) is 1.00. The van der Waals surface area contributed by atoms with Crippen molar-refractivity contribution in [2.45, 2.75) is 52.9 Å². The van der Waals surface area contributed by atoms with Gasteiger partial charge in [-0.2, -0.15) is 0 Å². The fourth-order valence-corrected chi connectivity index (χ4v) is 0.937. The third kappa shape index (κ3) is 7.23. The number of aliphatic hydroxyl groups excluding tert-OH is 1. The van der Waals surface area contributed by atoms with Gasteiger partial charge in [0.2, 0.25) is 0 Å². The highest BCUT2D eigenvalue weighted by Crippen LogP contribution is 2.06. The molecule has 0 rings (SSSR count). The fourth-order valence-electron chi connectivity index (χ4n) is 0.937. The van der Waals surface area contributed by atoms with E-state index in [9.17, 15) is 0 Å². The van der Waals surface area contributed by atoms with Gasteiger partial charge in [-0.15, -0.1) is 0 Å². The summed E-state index contributed by atoms with van der Waals surface area (Å²) < 4.78 is 20.3. The first-order chi connectivity index (χ1) is 6.45. The molecule has 14 heavy (non-hydrogen) atoms. The zero-order chi connectivity index (χ0) is 11.1. The zero-order valence-electron chi connectivity index (χ0n) is 9.39. The van der Waals surface area contributed by atoms with Crippen molar-refractivity contribution in [3.05, 3.63) is 0 Å². The van der Waals surface area contributed by atoms with Gasteiger partial charge in [0.05, 0.1) is 0 Å². The van der Waals surface area contributed by atoms with Gasteiger partial charge in [0.1, 0.15) is 0 Å². The first kappa shape index (κ1) is 13.8. The van der Waals surface area contributed by atoms with E-state index in [1.54, 1.807) is 27.9 Å². The Kier molecular flexibility index (Phi) is 7.04. The molecule has 0 aliphatic heterocycles. The van der Waals surface area contributed by atoms with Crippen molar-refractivity contribution in [1.82, 2.24) is 0 Å². The molecular formula is C9H20O5. The highest BCUT2D eigenvalue weighted by molar-refractivity contribution is 4.38. The van der Waals surface area contributed by atoms with Gasteiger partial charge < -0.3 is 24.1 Å². The molecule has 0 spiro atoms. The molecule has 0 aromatic heterocycles. The van der Waals surface area contributed by atoms with E-state index in [4.69, 9.17) is 24.1 Å². The van der Waals surface area contributed by atoms with Crippen LogP contribution in [0.4, 0.5) is 0 Å². The van der Waals surface area contributed by atoms with Crippen molar-refractivity contribution < 1.29 is 24.1 Å². The summed E-state index contributed by atoms with van der Waals surface area (Å²) >= 11 is 0. The second kappa shape index (κ2) is 7.14. The molecule has 5 nitrogen and oxygen atoms in total. The zero-order valence-corrected chi connectivity index (χ0v) is 9.39. The lowest BCUT2D eigenvalue weighted by Gasteiger charge is -2.22. The average molecular weight is 208 g/mol. The molecule has 0 aromatic carbocycles. The highest BCUT2D eigenvalue weighted by Gasteiger charge is 2.13. The van der Waals surface area contributed by atoms with E-state index in [1.165, 1.54) is 6.92 Å². The van der Waals surface area contributed by atoms with Crippen LogP contribution in [0.1, 0.15) is 27.7 Å². The molecule has 0 radical (unpaired) electrons. The predicted octanol–water partition coefficient (Wildman–Crippen LogP) is 1.06. The largest absolute Gasteiger partial charge is 0.368 e. The molecular weight excluding hydrogens is 188 g/mol. The van der Waals surface area contributed by atoms with Gasteiger partial charge in [-0.1, -0.05) is 0 Å². The van der Waals surface area contributed by atoms with Crippen LogP contribution in [0.2, 0.25) is 0 Å². The minimum Gasteiger partial charge on any atom is -0.368 e. The van der Waals surface area contributed by atoms with Crippen LogP contribution in [0.15, 0.2) is 0 Å². The van der Waals surface area contributed by atoms with E-state index >= 15 is 0 Å². The van der Waals surface area contributed by atoms with Crippen molar-refractivity contribution >= 4 is 0 Å². The molecule has 0 aliphatic rings. The SMILES string of the molecule is COC(C)OC(C)OC(C)OC(C)O. The summed E-state index contributed by atoms with van der Waals surface area (Å²) in [6, 6.07) is 0. The van der Waals surface area contributed by atoms with Crippen LogP contribution in [0.3, 0.4) is 0 Å². The predicted molar refractivity (Wildman–Crippen MR) is 50.3 cm³/mol. The Bertz CT molecular complexity index is 139. The molecule has 0 amide bonds. The van der Waals surface area contributed by atoms with Gasteiger partial charge in [-0.05, 0) is 27.7 Å². The smallest absolute Gasteiger partial charge is 0.161 e. The lowest BCUT2D eigenvalue weighted by molar-refractivity contribution is -0.297. The Morgan fingerprint density at radius 1 is 0.786 bits per heavy atom. The quantitative estimate of drug-likeness (QED) is 0.634. The molecule has 0 heterocycles. The van der Waals surface area contributed by atoms with Crippen molar-refractivity contribution in [3.8, 4) is 0 Å². The van der Waals surface area contributed by atoms with Crippen molar-refractivity contribution in [1.29, 1.82) is 0 Å². The minimum atomic E-state index is -0.850. The van der Waals surface area contributed by atoms with Gasteiger partial charge in [-0.3, -0.25) is 0 Å². The Hall–Kier alpha value is -0.200. The van der Waals surface area contributed by atoms with E-state index in [0.717, 1.165) is 0 Å². The van der Waals surface area contributed by atoms with Crippen LogP contribution in [-0.2, 0) is 18.9 Å². The summed E-state index contributed by atoms with van der Waals surface area (Å²) in [5.41, 5.74) is 0. The standard InChI is InChI=1S/C9H20O5/c1-6(10)12-8(3)14-9(4)13-7(2)11-5/h6-10H,1-5H3. The maximum absolute atomic E-state index is 8.90. The van der Waals surface area contributed by atoms with Gasteiger partial charge in [-0.25, -0.2) is 0 Å². The van der Waals surface area contributed by atoms with E-state index in [1.807, 2.05) is 0 Å². The second-order valence-corrected chi connectivity index (χ2v) is 2.95. The Labute approximate surface area is 84.9 Å². The number of ether oxygens (including phenoxy) is 4. The molecule has 5 heteroatoms. The van der Waals surface area contributed by atoms with Gasteiger partial charge in [0.25, 0.3) is 0 Å². The normalized spacial score (nSPS) is 20.1. The molecule has 1 N–H and O–H groups in total. The van der Waals surface area contributed by atoms with E-state index in [2.05, 4.69) is 0 Å². The van der Waals surface area contributed by atoms with Crippen LogP contribution in [0.25, 0.3) is 0 Å².